The molecule has 0 unspecified atom stereocenters. The highest BCUT2D eigenvalue weighted by molar-refractivity contribution is 5.87. The van der Waals surface area contributed by atoms with Crippen molar-refractivity contribution in [3.63, 3.8) is 0 Å². The van der Waals surface area contributed by atoms with Crippen molar-refractivity contribution >= 4 is 11.7 Å². The van der Waals surface area contributed by atoms with Gasteiger partial charge in [-0.25, -0.2) is 4.79 Å². The van der Waals surface area contributed by atoms with Gasteiger partial charge in [0.2, 0.25) is 5.91 Å². The zero-order valence-electron chi connectivity index (χ0n) is 23.0. The molecule has 0 aromatic carbocycles. The van der Waals surface area contributed by atoms with Crippen molar-refractivity contribution in [2.24, 2.45) is 0 Å². The number of amides is 1. The Hall–Kier alpha value is -2.03. The van der Waals surface area contributed by atoms with E-state index in [0.29, 0.717) is 6.42 Å². The quantitative estimate of drug-likeness (QED) is 0.161. The van der Waals surface area contributed by atoms with E-state index in [2.05, 4.69) is 29.4 Å². The molecule has 0 bridgehead atoms. The molecular weight excluding hydrogens is 470 g/mol. The third-order valence-corrected chi connectivity index (χ3v) is 7.18. The van der Waals surface area contributed by atoms with Crippen LogP contribution in [0.25, 0.3) is 0 Å². The van der Waals surface area contributed by atoms with E-state index >= 15 is 0 Å². The zero-order valence-corrected chi connectivity index (χ0v) is 23.0. The topological polar surface area (TPSA) is 114 Å². The molecule has 0 saturated carbocycles. The van der Waals surface area contributed by atoms with E-state index in [9.17, 15) is 19.8 Å². The molecule has 3 N–H and O–H groups in total. The minimum absolute atomic E-state index is 0.171. The normalized spacial score (nSPS) is 21.6. The largest absolute Gasteiger partial charge is 0.394 e. The number of carbonyl (C=O) groups excluding carboxylic acids is 1. The summed E-state index contributed by atoms with van der Waals surface area (Å²) in [7, 11) is 0. The van der Waals surface area contributed by atoms with Crippen LogP contribution in [-0.2, 0) is 9.53 Å². The third-order valence-electron chi connectivity index (χ3n) is 7.18. The number of unbranched alkanes of at least 4 members (excludes halogenated alkanes) is 12. The van der Waals surface area contributed by atoms with E-state index in [-0.39, 0.29) is 24.8 Å². The Bertz CT molecular complexity index is 871. The number of aliphatic hydroxyl groups excluding tert-OH is 1. The molecule has 0 aliphatic carbocycles. The average molecular weight is 520 g/mol. The Labute approximate surface area is 222 Å². The van der Waals surface area contributed by atoms with Gasteiger partial charge in [0.1, 0.15) is 18.1 Å². The second-order valence-corrected chi connectivity index (χ2v) is 10.4. The van der Waals surface area contributed by atoms with Gasteiger partial charge in [-0.05, 0) is 38.2 Å². The predicted octanol–water partition coefficient (Wildman–Crippen LogP) is 5.64. The molecular formula is C29H49N3O5. The van der Waals surface area contributed by atoms with Crippen molar-refractivity contribution in [3.05, 3.63) is 34.9 Å². The fourth-order valence-corrected chi connectivity index (χ4v) is 5.00. The number of hydrogen-bond donors (Lipinski definition) is 3. The van der Waals surface area contributed by atoms with Crippen LogP contribution in [0.2, 0.25) is 0 Å². The molecule has 1 saturated heterocycles. The maximum Gasteiger partial charge on any atom is 0.351 e. The second-order valence-electron chi connectivity index (χ2n) is 10.4. The van der Waals surface area contributed by atoms with Crippen molar-refractivity contribution < 1.29 is 19.7 Å². The molecule has 1 amide bonds. The summed E-state index contributed by atoms with van der Waals surface area (Å²) in [6, 6.07) is 1.52. The van der Waals surface area contributed by atoms with Crippen LogP contribution in [0.4, 0.5) is 5.82 Å². The van der Waals surface area contributed by atoms with E-state index in [4.69, 9.17) is 4.74 Å². The minimum atomic E-state index is -1.18. The number of nitrogens with zero attached hydrogens (tertiary/aromatic N) is 2. The van der Waals surface area contributed by atoms with Crippen LogP contribution in [0, 0.1) is 0 Å². The molecule has 0 spiro atoms. The Balaban J connectivity index is 1.61. The fourth-order valence-electron chi connectivity index (χ4n) is 5.00. The molecule has 3 atom stereocenters. The predicted molar refractivity (Wildman–Crippen MR) is 147 cm³/mol. The van der Waals surface area contributed by atoms with E-state index in [1.807, 2.05) is 0 Å². The Morgan fingerprint density at radius 3 is 2.24 bits per heavy atom. The lowest BCUT2D eigenvalue weighted by Gasteiger charge is -2.26. The number of rotatable bonds is 19. The smallest absolute Gasteiger partial charge is 0.351 e. The van der Waals surface area contributed by atoms with E-state index in [0.717, 1.165) is 25.7 Å². The standard InChI is InChI=1S/C29H49N3O5/c1-3-4-5-6-7-8-9-10-11-12-13-14-15-16-17-18-20-29(36)22-27(37-25(29)23-33)32-21-19-26(30-24(2)34)31-28(32)35/h10-11,19,21,25,27,33,36H,3-9,12-18,20,22-23H2,1-2H3,(H,30,31,34,35)/b11-10-/t25-,27-,29+/m1/s1. The first-order valence-electron chi connectivity index (χ1n) is 14.4. The Kier molecular flexibility index (Phi) is 14.7. The molecule has 0 radical (unpaired) electrons. The fraction of sp³-hybridized carbons (Fsp3) is 0.759. The van der Waals surface area contributed by atoms with Gasteiger partial charge in [0.05, 0.1) is 12.2 Å². The number of ether oxygens (including phenoxy) is 1. The molecule has 37 heavy (non-hydrogen) atoms. The molecule has 210 valence electrons. The number of allylic oxidation sites excluding steroid dienone is 2. The van der Waals surface area contributed by atoms with Crippen LogP contribution >= 0.6 is 0 Å². The highest BCUT2D eigenvalue weighted by atomic mass is 16.5. The lowest BCUT2D eigenvalue weighted by Crippen LogP contribution is -2.40. The number of aromatic nitrogens is 2. The molecule has 2 heterocycles. The third kappa shape index (κ3) is 11.5. The van der Waals surface area contributed by atoms with Crippen molar-refractivity contribution in [2.45, 2.75) is 135 Å². The van der Waals surface area contributed by atoms with Gasteiger partial charge >= 0.3 is 5.69 Å². The van der Waals surface area contributed by atoms with Crippen LogP contribution in [0.5, 0.6) is 0 Å². The van der Waals surface area contributed by atoms with Crippen LogP contribution in [0.3, 0.4) is 0 Å². The summed E-state index contributed by atoms with van der Waals surface area (Å²) in [6.45, 7) is 3.28. The van der Waals surface area contributed by atoms with Crippen molar-refractivity contribution in [3.8, 4) is 0 Å². The second kappa shape index (κ2) is 17.5. The van der Waals surface area contributed by atoms with Gasteiger partial charge in [0, 0.05) is 19.5 Å². The van der Waals surface area contributed by atoms with Gasteiger partial charge in [0.25, 0.3) is 0 Å². The first-order valence-corrected chi connectivity index (χ1v) is 14.4. The van der Waals surface area contributed by atoms with Gasteiger partial charge in [-0.3, -0.25) is 9.36 Å². The molecule has 1 aliphatic heterocycles. The maximum atomic E-state index is 12.4. The van der Waals surface area contributed by atoms with Crippen molar-refractivity contribution in [2.75, 3.05) is 11.9 Å². The lowest BCUT2D eigenvalue weighted by molar-refractivity contribution is -0.114. The number of aliphatic hydroxyl groups is 2. The number of nitrogens with one attached hydrogen (secondary N) is 1. The Morgan fingerprint density at radius 2 is 1.68 bits per heavy atom. The van der Waals surface area contributed by atoms with Gasteiger partial charge in [-0.1, -0.05) is 83.3 Å². The zero-order chi connectivity index (χ0) is 26.9. The molecule has 1 aromatic heterocycles. The van der Waals surface area contributed by atoms with Gasteiger partial charge < -0.3 is 20.3 Å². The first kappa shape index (κ1) is 31.2. The lowest BCUT2D eigenvalue weighted by atomic mass is 9.88. The summed E-state index contributed by atoms with van der Waals surface area (Å²) >= 11 is 0. The van der Waals surface area contributed by atoms with Crippen molar-refractivity contribution in [1.82, 2.24) is 9.55 Å². The average Bonchev–Trinajstić information content (AvgIpc) is 3.19. The van der Waals surface area contributed by atoms with E-state index in [1.165, 1.54) is 88.0 Å². The summed E-state index contributed by atoms with van der Waals surface area (Å²) in [6.07, 6.45) is 22.5. The monoisotopic (exact) mass is 519 g/mol. The highest BCUT2D eigenvalue weighted by Gasteiger charge is 2.47. The minimum Gasteiger partial charge on any atom is -0.394 e. The van der Waals surface area contributed by atoms with Crippen LogP contribution in [0.15, 0.2) is 29.2 Å². The molecule has 8 heteroatoms. The summed E-state index contributed by atoms with van der Waals surface area (Å²) in [5.41, 5.74) is -1.76. The summed E-state index contributed by atoms with van der Waals surface area (Å²) in [5, 5.41) is 23.4. The first-order chi connectivity index (χ1) is 17.9. The molecule has 1 aromatic rings. The van der Waals surface area contributed by atoms with Gasteiger partial charge in [0.15, 0.2) is 0 Å². The molecule has 8 nitrogen and oxygen atoms in total. The molecule has 2 rings (SSSR count). The van der Waals surface area contributed by atoms with Crippen molar-refractivity contribution in [1.29, 1.82) is 0 Å². The highest BCUT2D eigenvalue weighted by Crippen LogP contribution is 2.39. The number of carbonyl (C=O) groups is 1. The Morgan fingerprint density at radius 1 is 1.08 bits per heavy atom. The van der Waals surface area contributed by atoms with Gasteiger partial charge in [-0.15, -0.1) is 0 Å². The van der Waals surface area contributed by atoms with E-state index in [1.54, 1.807) is 0 Å². The van der Waals surface area contributed by atoms with Crippen LogP contribution in [-0.4, -0.2) is 44.0 Å². The molecule has 1 fully saturated rings. The van der Waals surface area contributed by atoms with E-state index < -0.39 is 23.6 Å². The van der Waals surface area contributed by atoms with Gasteiger partial charge in [-0.2, -0.15) is 4.98 Å². The summed E-state index contributed by atoms with van der Waals surface area (Å²) in [4.78, 5) is 27.4. The van der Waals surface area contributed by atoms with Crippen LogP contribution < -0.4 is 11.0 Å². The molecule has 1 aliphatic rings. The van der Waals surface area contributed by atoms with Crippen LogP contribution in [0.1, 0.15) is 123 Å². The summed E-state index contributed by atoms with van der Waals surface area (Å²) in [5.74, 6) is -0.142. The summed E-state index contributed by atoms with van der Waals surface area (Å²) < 4.78 is 7.12. The number of hydrogen-bond acceptors (Lipinski definition) is 6. The number of anilines is 1. The maximum absolute atomic E-state index is 12.4. The SMILES string of the molecule is CCCCCCCC/C=C\CCCCCCCC[C@]1(O)C[C@H](n2ccc(NC(C)=O)nc2=O)O[C@@H]1CO.